The molecule has 1 aliphatic carbocycles. The van der Waals surface area contributed by atoms with Crippen LogP contribution >= 0.6 is 24.4 Å². The summed E-state index contributed by atoms with van der Waals surface area (Å²) in [5.74, 6) is 0.495. The average Bonchev–Trinajstić information content (AvgIpc) is 3.01. The minimum absolute atomic E-state index is 0.175. The number of thiol groups is 1. The van der Waals surface area contributed by atoms with Gasteiger partial charge in [-0.3, -0.25) is 0 Å². The van der Waals surface area contributed by atoms with Crippen molar-refractivity contribution >= 4 is 24.4 Å². The van der Waals surface area contributed by atoms with Crippen LogP contribution in [0.25, 0.3) is 0 Å². The summed E-state index contributed by atoms with van der Waals surface area (Å²) in [4.78, 5) is 0. The van der Waals surface area contributed by atoms with Gasteiger partial charge in [-0.2, -0.15) is 17.4 Å². The number of hydrogen-bond donors (Lipinski definition) is 1. The zero-order chi connectivity index (χ0) is 10.1. The van der Waals surface area contributed by atoms with Gasteiger partial charge in [0.25, 0.3) is 0 Å². The van der Waals surface area contributed by atoms with Crippen molar-refractivity contribution in [2.45, 2.75) is 23.3 Å². The molecule has 0 spiro atoms. The van der Waals surface area contributed by atoms with E-state index >= 15 is 0 Å². The fourth-order valence-corrected chi connectivity index (χ4v) is 2.07. The summed E-state index contributed by atoms with van der Waals surface area (Å²) >= 11 is 6.12. The Kier molecular flexibility index (Phi) is 2.93. The zero-order valence-corrected chi connectivity index (χ0v) is 9.72. The summed E-state index contributed by atoms with van der Waals surface area (Å²) in [7, 11) is 0. The standard InChI is InChI=1S/C10H13NOS2/c1-14-10(13)8-4-5-11(12)9(6-8)7-2-3-7/h4-7,10,13H,2-3H2,1H3. The lowest BCUT2D eigenvalue weighted by Gasteiger charge is -2.09. The van der Waals surface area contributed by atoms with Crippen LogP contribution in [0.4, 0.5) is 0 Å². The first-order valence-corrected chi connectivity index (χ1v) is 6.46. The van der Waals surface area contributed by atoms with Crippen molar-refractivity contribution in [3.63, 3.8) is 0 Å². The van der Waals surface area contributed by atoms with Gasteiger partial charge in [0.2, 0.25) is 0 Å². The van der Waals surface area contributed by atoms with E-state index in [1.165, 1.54) is 0 Å². The second kappa shape index (κ2) is 4.03. The molecule has 1 aromatic heterocycles. The number of rotatable bonds is 3. The van der Waals surface area contributed by atoms with Gasteiger partial charge in [0.1, 0.15) is 0 Å². The molecular formula is C10H13NOS2. The highest BCUT2D eigenvalue weighted by molar-refractivity contribution is 8.09. The van der Waals surface area contributed by atoms with Crippen LogP contribution in [0.3, 0.4) is 0 Å². The Labute approximate surface area is 93.7 Å². The normalized spacial score (nSPS) is 18.1. The second-order valence-corrected chi connectivity index (χ2v) is 5.38. The quantitative estimate of drug-likeness (QED) is 0.372. The van der Waals surface area contributed by atoms with Gasteiger partial charge < -0.3 is 5.21 Å². The molecule has 4 heteroatoms. The van der Waals surface area contributed by atoms with Crippen molar-refractivity contribution in [1.29, 1.82) is 0 Å². The van der Waals surface area contributed by atoms with Crippen LogP contribution in [0, 0.1) is 5.21 Å². The number of pyridine rings is 1. The Morgan fingerprint density at radius 3 is 2.93 bits per heavy atom. The first-order valence-electron chi connectivity index (χ1n) is 4.66. The SMILES string of the molecule is CSC(S)c1cc[n+]([O-])c(C2CC2)c1. The Bertz CT molecular complexity index is 339. The van der Waals surface area contributed by atoms with Crippen molar-refractivity contribution in [3.8, 4) is 0 Å². The fraction of sp³-hybridized carbons (Fsp3) is 0.500. The first-order chi connectivity index (χ1) is 6.72. The van der Waals surface area contributed by atoms with Crippen molar-refractivity contribution < 1.29 is 4.73 Å². The van der Waals surface area contributed by atoms with Crippen LogP contribution in [0.2, 0.25) is 0 Å². The number of hydrogen-bond acceptors (Lipinski definition) is 3. The first kappa shape index (κ1) is 10.2. The Hall–Kier alpha value is -0.350. The lowest BCUT2D eigenvalue weighted by atomic mass is 10.2. The van der Waals surface area contributed by atoms with Gasteiger partial charge in [-0.25, -0.2) is 0 Å². The van der Waals surface area contributed by atoms with Gasteiger partial charge in [0, 0.05) is 18.1 Å². The van der Waals surface area contributed by atoms with Crippen LogP contribution in [-0.4, -0.2) is 6.26 Å². The van der Waals surface area contributed by atoms with E-state index < -0.39 is 0 Å². The van der Waals surface area contributed by atoms with Gasteiger partial charge in [-0.05, 0) is 24.7 Å². The maximum Gasteiger partial charge on any atom is 0.196 e. The van der Waals surface area contributed by atoms with E-state index in [0.717, 1.165) is 28.8 Å². The Morgan fingerprint density at radius 1 is 1.64 bits per heavy atom. The van der Waals surface area contributed by atoms with E-state index in [1.54, 1.807) is 18.0 Å². The molecule has 0 aliphatic heterocycles. The van der Waals surface area contributed by atoms with Gasteiger partial charge in [0.05, 0.1) is 4.58 Å². The highest BCUT2D eigenvalue weighted by atomic mass is 32.2. The number of nitrogens with zero attached hydrogens (tertiary/aromatic N) is 1. The van der Waals surface area contributed by atoms with E-state index in [4.69, 9.17) is 0 Å². The molecule has 2 rings (SSSR count). The summed E-state index contributed by atoms with van der Waals surface area (Å²) in [5.41, 5.74) is 2.05. The van der Waals surface area contributed by atoms with Crippen LogP contribution in [0.1, 0.15) is 34.6 Å². The number of aromatic nitrogens is 1. The van der Waals surface area contributed by atoms with Crippen LogP contribution in [-0.2, 0) is 0 Å². The largest absolute Gasteiger partial charge is 0.618 e. The van der Waals surface area contributed by atoms with Crippen molar-refractivity contribution in [3.05, 3.63) is 34.8 Å². The predicted octanol–water partition coefficient (Wildman–Crippen LogP) is 2.49. The molecule has 1 aliphatic rings. The molecule has 1 aromatic rings. The third-order valence-electron chi connectivity index (χ3n) is 2.48. The fourth-order valence-electron chi connectivity index (χ4n) is 1.49. The molecule has 0 N–H and O–H groups in total. The maximum atomic E-state index is 11.4. The molecule has 1 unspecified atom stereocenters. The minimum Gasteiger partial charge on any atom is -0.618 e. The van der Waals surface area contributed by atoms with Gasteiger partial charge in [-0.15, -0.1) is 11.8 Å². The predicted molar refractivity (Wildman–Crippen MR) is 62.6 cm³/mol. The molecule has 1 fully saturated rings. The lowest BCUT2D eigenvalue weighted by molar-refractivity contribution is -0.614. The molecule has 0 radical (unpaired) electrons. The summed E-state index contributed by atoms with van der Waals surface area (Å²) in [6.07, 6.45) is 5.93. The minimum atomic E-state index is 0.175. The lowest BCUT2D eigenvalue weighted by Crippen LogP contribution is -2.30. The second-order valence-electron chi connectivity index (χ2n) is 3.57. The van der Waals surface area contributed by atoms with Gasteiger partial charge >= 0.3 is 0 Å². The van der Waals surface area contributed by atoms with E-state index in [9.17, 15) is 5.21 Å². The van der Waals surface area contributed by atoms with Gasteiger partial charge in [-0.1, -0.05) is 0 Å². The van der Waals surface area contributed by atoms with E-state index in [-0.39, 0.29) is 4.58 Å². The average molecular weight is 227 g/mol. The summed E-state index contributed by atoms with van der Waals surface area (Å²) < 4.78 is 1.16. The maximum absolute atomic E-state index is 11.4. The Balaban J connectivity index is 2.30. The highest BCUT2D eigenvalue weighted by Crippen LogP contribution is 2.40. The van der Waals surface area contributed by atoms with E-state index in [1.807, 2.05) is 18.4 Å². The molecule has 0 saturated heterocycles. The molecule has 1 atom stereocenters. The van der Waals surface area contributed by atoms with Crippen LogP contribution in [0.5, 0.6) is 0 Å². The molecule has 0 bridgehead atoms. The molecule has 2 nitrogen and oxygen atoms in total. The monoisotopic (exact) mass is 227 g/mol. The molecule has 1 heterocycles. The third-order valence-corrected chi connectivity index (χ3v) is 4.12. The van der Waals surface area contributed by atoms with Crippen molar-refractivity contribution in [2.75, 3.05) is 6.26 Å². The molecular weight excluding hydrogens is 214 g/mol. The van der Waals surface area contributed by atoms with E-state index in [2.05, 4.69) is 12.6 Å². The van der Waals surface area contributed by atoms with Crippen LogP contribution < -0.4 is 4.73 Å². The summed E-state index contributed by atoms with van der Waals surface area (Å²) in [6, 6.07) is 3.85. The van der Waals surface area contributed by atoms with Crippen molar-refractivity contribution in [2.24, 2.45) is 0 Å². The molecule has 1 saturated carbocycles. The summed E-state index contributed by atoms with van der Waals surface area (Å²) in [6.45, 7) is 0. The molecule has 14 heavy (non-hydrogen) atoms. The van der Waals surface area contributed by atoms with Gasteiger partial charge in [0.15, 0.2) is 11.9 Å². The third kappa shape index (κ3) is 2.01. The molecule has 76 valence electrons. The van der Waals surface area contributed by atoms with Crippen LogP contribution in [0.15, 0.2) is 18.3 Å². The zero-order valence-electron chi connectivity index (χ0n) is 8.01. The Morgan fingerprint density at radius 2 is 2.36 bits per heavy atom. The molecule has 0 amide bonds. The smallest absolute Gasteiger partial charge is 0.196 e. The highest BCUT2D eigenvalue weighted by Gasteiger charge is 2.31. The molecule has 0 aromatic carbocycles. The summed E-state index contributed by atoms with van der Waals surface area (Å²) in [5, 5.41) is 11.4. The number of thioether (sulfide) groups is 1. The topological polar surface area (TPSA) is 26.9 Å². The van der Waals surface area contributed by atoms with E-state index in [0.29, 0.717) is 5.92 Å². The van der Waals surface area contributed by atoms with Crippen molar-refractivity contribution in [1.82, 2.24) is 0 Å².